The molecule has 3 aromatic heterocycles. The normalized spacial score (nSPS) is 12.0. The van der Waals surface area contributed by atoms with Crippen LogP contribution in [-0.4, -0.2) is 19.1 Å². The lowest BCUT2D eigenvalue weighted by Crippen LogP contribution is -2.00. The van der Waals surface area contributed by atoms with Gasteiger partial charge in [0.05, 0.1) is 27.6 Å². The van der Waals surface area contributed by atoms with E-state index in [4.69, 9.17) is 9.97 Å². The summed E-state index contributed by atoms with van der Waals surface area (Å²) in [4.78, 5) is 9.78. The Morgan fingerprint density at radius 1 is 0.450 bits per heavy atom. The fraction of sp³-hybridized carbons (Fsp3) is 0. The quantitative estimate of drug-likeness (QED) is 0.233. The van der Waals surface area contributed by atoms with Crippen LogP contribution in [0.5, 0.6) is 0 Å². The van der Waals surface area contributed by atoms with Crippen molar-refractivity contribution in [1.29, 1.82) is 0 Å². The van der Waals surface area contributed by atoms with Crippen molar-refractivity contribution in [3.63, 3.8) is 0 Å². The molecule has 0 aliphatic carbocycles. The van der Waals surface area contributed by atoms with Crippen molar-refractivity contribution in [1.82, 2.24) is 19.1 Å². The molecule has 3 heterocycles. The van der Waals surface area contributed by atoms with Gasteiger partial charge in [-0.15, -0.1) is 0 Å². The predicted octanol–water partition coefficient (Wildman–Crippen LogP) is 8.98. The molecule has 0 spiro atoms. The first-order valence-corrected chi connectivity index (χ1v) is 13.5. The molecule has 0 saturated carbocycles. The highest BCUT2D eigenvalue weighted by Crippen LogP contribution is 2.40. The lowest BCUT2D eigenvalue weighted by Gasteiger charge is -2.09. The van der Waals surface area contributed by atoms with Gasteiger partial charge in [0.15, 0.2) is 0 Å². The molecule has 0 N–H and O–H groups in total. The number of benzene rings is 6. The van der Waals surface area contributed by atoms with E-state index in [1.165, 1.54) is 49.0 Å². The summed E-state index contributed by atoms with van der Waals surface area (Å²) in [6.45, 7) is 0. The first-order chi connectivity index (χ1) is 19.8. The van der Waals surface area contributed by atoms with E-state index < -0.39 is 0 Å². The highest BCUT2D eigenvalue weighted by molar-refractivity contribution is 6.25. The van der Waals surface area contributed by atoms with E-state index in [0.29, 0.717) is 5.95 Å². The Kier molecular flexibility index (Phi) is 4.30. The molecule has 40 heavy (non-hydrogen) atoms. The fourth-order valence-electron chi connectivity index (χ4n) is 6.40. The molecule has 186 valence electrons. The van der Waals surface area contributed by atoms with Crippen LogP contribution in [-0.2, 0) is 0 Å². The third kappa shape index (κ3) is 2.90. The third-order valence-corrected chi connectivity index (χ3v) is 8.14. The molecule has 4 heteroatoms. The number of fused-ring (bicyclic) bond motifs is 9. The van der Waals surface area contributed by atoms with Crippen molar-refractivity contribution < 1.29 is 0 Å². The van der Waals surface area contributed by atoms with Gasteiger partial charge in [0, 0.05) is 38.8 Å². The van der Waals surface area contributed by atoms with E-state index in [9.17, 15) is 0 Å². The van der Waals surface area contributed by atoms with Gasteiger partial charge >= 0.3 is 0 Å². The minimum Gasteiger partial charge on any atom is -0.309 e. The Morgan fingerprint density at radius 3 is 2.05 bits per heavy atom. The van der Waals surface area contributed by atoms with Crippen LogP contribution in [0.25, 0.3) is 76.9 Å². The molecular weight excluding hydrogens is 488 g/mol. The van der Waals surface area contributed by atoms with E-state index in [1.807, 2.05) is 24.4 Å². The van der Waals surface area contributed by atoms with Gasteiger partial charge in [0.25, 0.3) is 0 Å². The average Bonchev–Trinajstić information content (AvgIpc) is 3.53. The van der Waals surface area contributed by atoms with Crippen molar-refractivity contribution in [2.24, 2.45) is 0 Å². The second-order valence-electron chi connectivity index (χ2n) is 10.3. The maximum atomic E-state index is 4.97. The van der Waals surface area contributed by atoms with Crippen molar-refractivity contribution in [3.05, 3.63) is 134 Å². The number of hydrogen-bond acceptors (Lipinski definition) is 2. The zero-order valence-corrected chi connectivity index (χ0v) is 21.5. The monoisotopic (exact) mass is 510 g/mol. The number of para-hydroxylation sites is 4. The maximum Gasteiger partial charge on any atom is 0.235 e. The lowest BCUT2D eigenvalue weighted by atomic mass is 10.0. The Morgan fingerprint density at radius 2 is 1.18 bits per heavy atom. The molecule has 4 nitrogen and oxygen atoms in total. The van der Waals surface area contributed by atoms with Crippen LogP contribution in [0.1, 0.15) is 0 Å². The van der Waals surface area contributed by atoms with Crippen LogP contribution in [0, 0.1) is 0 Å². The third-order valence-electron chi connectivity index (χ3n) is 8.14. The largest absolute Gasteiger partial charge is 0.309 e. The van der Waals surface area contributed by atoms with Gasteiger partial charge in [0.1, 0.15) is 0 Å². The number of aromatic nitrogens is 4. The van der Waals surface area contributed by atoms with Gasteiger partial charge in [-0.05, 0) is 59.3 Å². The first-order valence-electron chi connectivity index (χ1n) is 13.5. The van der Waals surface area contributed by atoms with Gasteiger partial charge < -0.3 is 4.57 Å². The number of nitrogens with zero attached hydrogens (tertiary/aromatic N) is 4. The van der Waals surface area contributed by atoms with E-state index in [0.717, 1.165) is 21.9 Å². The van der Waals surface area contributed by atoms with Crippen molar-refractivity contribution in [3.8, 4) is 11.6 Å². The Hall–Kier alpha value is -5.48. The summed E-state index contributed by atoms with van der Waals surface area (Å²) in [7, 11) is 0. The van der Waals surface area contributed by atoms with E-state index in [-0.39, 0.29) is 0 Å². The summed E-state index contributed by atoms with van der Waals surface area (Å²) < 4.78 is 4.58. The van der Waals surface area contributed by atoms with Crippen LogP contribution in [0.4, 0.5) is 0 Å². The molecular formula is C36H22N4. The summed E-state index contributed by atoms with van der Waals surface area (Å²) in [6, 6.07) is 45.2. The van der Waals surface area contributed by atoms with Crippen molar-refractivity contribution in [2.45, 2.75) is 0 Å². The lowest BCUT2D eigenvalue weighted by molar-refractivity contribution is 1.01. The Balaban J connectivity index is 1.42. The van der Waals surface area contributed by atoms with Crippen LogP contribution in [0.15, 0.2) is 134 Å². The number of hydrogen-bond donors (Lipinski definition) is 0. The predicted molar refractivity (Wildman–Crippen MR) is 166 cm³/mol. The Labute approximate surface area is 229 Å². The second kappa shape index (κ2) is 8.01. The van der Waals surface area contributed by atoms with Crippen LogP contribution >= 0.6 is 0 Å². The minimum atomic E-state index is 0.686. The summed E-state index contributed by atoms with van der Waals surface area (Å²) >= 11 is 0. The molecule has 9 aromatic rings. The van der Waals surface area contributed by atoms with Crippen LogP contribution in [0.3, 0.4) is 0 Å². The van der Waals surface area contributed by atoms with Crippen LogP contribution in [0.2, 0.25) is 0 Å². The van der Waals surface area contributed by atoms with E-state index in [1.54, 1.807) is 0 Å². The first kappa shape index (κ1) is 21.5. The molecule has 0 saturated heterocycles. The summed E-state index contributed by atoms with van der Waals surface area (Å²) in [5.74, 6) is 0.686. The van der Waals surface area contributed by atoms with E-state index >= 15 is 0 Å². The minimum absolute atomic E-state index is 0.686. The molecule has 0 atom stereocenters. The maximum absolute atomic E-state index is 4.97. The molecule has 9 rings (SSSR count). The molecule has 0 fully saturated rings. The second-order valence-corrected chi connectivity index (χ2v) is 10.3. The van der Waals surface area contributed by atoms with Gasteiger partial charge in [0.2, 0.25) is 5.95 Å². The van der Waals surface area contributed by atoms with E-state index in [2.05, 4.69) is 118 Å². The van der Waals surface area contributed by atoms with Crippen LogP contribution < -0.4 is 0 Å². The van der Waals surface area contributed by atoms with Gasteiger partial charge in [-0.25, -0.2) is 9.97 Å². The molecule has 0 amide bonds. The zero-order chi connectivity index (χ0) is 26.2. The summed E-state index contributed by atoms with van der Waals surface area (Å²) in [5.41, 5.74) is 6.74. The summed E-state index contributed by atoms with van der Waals surface area (Å²) in [5, 5.41) is 8.41. The summed E-state index contributed by atoms with van der Waals surface area (Å²) in [6.07, 6.45) is 1.92. The van der Waals surface area contributed by atoms with Gasteiger partial charge in [-0.3, -0.25) is 4.57 Å². The standard InChI is InChI=1S/C36H22N4/c1-2-11-25(12-3-1)39-32-17-9-6-14-27(32)35-28-21-29-26-13-5-8-16-31(26)40(34(29)20-23(28)18-19-33(35)39)36-37-22-24-10-4-7-15-30(24)38-36/h1-22H. The molecule has 0 aliphatic rings. The Bertz CT molecular complexity index is 2430. The zero-order valence-electron chi connectivity index (χ0n) is 21.5. The fourth-order valence-corrected chi connectivity index (χ4v) is 6.40. The molecule has 0 unspecified atom stereocenters. The molecule has 0 radical (unpaired) electrons. The molecule has 0 bridgehead atoms. The highest BCUT2D eigenvalue weighted by Gasteiger charge is 2.19. The molecule has 6 aromatic carbocycles. The SMILES string of the molecule is c1ccc(-n2c3ccccc3c3c4cc5c6ccccc6n(-c6ncc7ccccc7n6)c5cc4ccc32)cc1. The van der Waals surface area contributed by atoms with Crippen molar-refractivity contribution in [2.75, 3.05) is 0 Å². The number of rotatable bonds is 2. The van der Waals surface area contributed by atoms with Crippen molar-refractivity contribution >= 4 is 65.3 Å². The molecule has 0 aliphatic heterocycles. The smallest absolute Gasteiger partial charge is 0.235 e. The topological polar surface area (TPSA) is 35.6 Å². The average molecular weight is 511 g/mol. The highest BCUT2D eigenvalue weighted by atomic mass is 15.2. The van der Waals surface area contributed by atoms with Gasteiger partial charge in [-0.1, -0.05) is 78.9 Å². The van der Waals surface area contributed by atoms with Gasteiger partial charge in [-0.2, -0.15) is 0 Å².